The van der Waals surface area contributed by atoms with Crippen LogP contribution in [0.15, 0.2) is 56.8 Å². The highest BCUT2D eigenvalue weighted by Crippen LogP contribution is 2.35. The highest BCUT2D eigenvalue weighted by atomic mass is 79.9. The van der Waals surface area contributed by atoms with Crippen LogP contribution in [0.5, 0.6) is 0 Å². The number of benzene rings is 2. The minimum atomic E-state index is -0.464. The molecule has 0 unspecified atom stereocenters. The van der Waals surface area contributed by atoms with Gasteiger partial charge in [-0.2, -0.15) is 0 Å². The molecule has 1 aliphatic rings. The number of thioether (sulfide) groups is 1. The first kappa shape index (κ1) is 19.6. The van der Waals surface area contributed by atoms with Gasteiger partial charge in [-0.3, -0.25) is 19.8 Å². The molecule has 0 aromatic heterocycles. The number of aliphatic imine (C=N–C) groups is 1. The molecule has 1 fully saturated rings. The molecule has 0 atom stereocenters. The summed E-state index contributed by atoms with van der Waals surface area (Å²) in [6.07, 6.45) is 1.64. The van der Waals surface area contributed by atoms with E-state index in [1.165, 1.54) is 23.9 Å². The molecular formula is C18H13BrClN3O3S. The SMILES string of the molecule is CCN1C(=O)/C(=C/c2cccc([N+](=O)[O-])c2)SC1=Nc1ccc(Br)c(Cl)c1. The van der Waals surface area contributed by atoms with Crippen molar-refractivity contribution in [1.29, 1.82) is 0 Å². The molecule has 138 valence electrons. The van der Waals surface area contributed by atoms with Crippen LogP contribution in [-0.4, -0.2) is 27.4 Å². The quantitative estimate of drug-likeness (QED) is 0.332. The molecule has 2 aromatic rings. The Morgan fingerprint density at radius 1 is 1.33 bits per heavy atom. The van der Waals surface area contributed by atoms with Crippen LogP contribution in [-0.2, 0) is 4.79 Å². The van der Waals surface area contributed by atoms with Crippen molar-refractivity contribution in [1.82, 2.24) is 4.90 Å². The van der Waals surface area contributed by atoms with Crippen molar-refractivity contribution in [2.24, 2.45) is 4.99 Å². The van der Waals surface area contributed by atoms with Gasteiger partial charge in [0.25, 0.3) is 11.6 Å². The average Bonchev–Trinajstić information content (AvgIpc) is 2.93. The molecule has 3 rings (SSSR count). The summed E-state index contributed by atoms with van der Waals surface area (Å²) in [5.74, 6) is -0.184. The number of rotatable bonds is 4. The zero-order valence-corrected chi connectivity index (χ0v) is 17.2. The first-order chi connectivity index (χ1) is 12.9. The second kappa shape index (κ2) is 8.24. The van der Waals surface area contributed by atoms with Gasteiger partial charge in [-0.05, 0) is 64.5 Å². The molecule has 9 heteroatoms. The molecule has 0 aliphatic carbocycles. The third kappa shape index (κ3) is 4.40. The number of nitrogens with zero attached hydrogens (tertiary/aromatic N) is 3. The number of nitro groups is 1. The Labute approximate surface area is 173 Å². The van der Waals surface area contributed by atoms with E-state index in [1.54, 1.807) is 41.3 Å². The van der Waals surface area contributed by atoms with Crippen LogP contribution in [0.4, 0.5) is 11.4 Å². The third-order valence-corrected chi connectivity index (χ3v) is 5.95. The largest absolute Gasteiger partial charge is 0.287 e. The normalized spacial score (nSPS) is 17.1. The molecule has 1 heterocycles. The molecule has 1 aliphatic heterocycles. The molecule has 0 saturated carbocycles. The van der Waals surface area contributed by atoms with Gasteiger partial charge in [0.05, 0.1) is 20.5 Å². The Morgan fingerprint density at radius 3 is 2.78 bits per heavy atom. The van der Waals surface area contributed by atoms with Crippen molar-refractivity contribution >= 4 is 67.8 Å². The molecule has 2 aromatic carbocycles. The van der Waals surface area contributed by atoms with Crippen LogP contribution in [0.1, 0.15) is 12.5 Å². The van der Waals surface area contributed by atoms with E-state index in [-0.39, 0.29) is 11.6 Å². The summed E-state index contributed by atoms with van der Waals surface area (Å²) in [6.45, 7) is 2.32. The van der Waals surface area contributed by atoms with E-state index in [2.05, 4.69) is 20.9 Å². The van der Waals surface area contributed by atoms with Crippen molar-refractivity contribution in [3.05, 3.63) is 72.5 Å². The molecule has 27 heavy (non-hydrogen) atoms. The highest BCUT2D eigenvalue weighted by Gasteiger charge is 2.32. The van der Waals surface area contributed by atoms with Crippen molar-refractivity contribution < 1.29 is 9.72 Å². The smallest absolute Gasteiger partial charge is 0.270 e. The molecule has 6 nitrogen and oxygen atoms in total. The summed E-state index contributed by atoms with van der Waals surface area (Å²) in [4.78, 5) is 29.7. The van der Waals surface area contributed by atoms with Crippen LogP contribution < -0.4 is 0 Å². The maximum atomic E-state index is 12.7. The maximum absolute atomic E-state index is 12.7. The summed E-state index contributed by atoms with van der Waals surface area (Å²) in [5.41, 5.74) is 1.20. The Kier molecular flexibility index (Phi) is 5.98. The first-order valence-electron chi connectivity index (χ1n) is 7.88. The Morgan fingerprint density at radius 2 is 2.11 bits per heavy atom. The fraction of sp³-hybridized carbons (Fsp3) is 0.111. The number of carbonyl (C=O) groups is 1. The van der Waals surface area contributed by atoms with E-state index < -0.39 is 4.92 Å². The number of amides is 1. The van der Waals surface area contributed by atoms with Gasteiger partial charge in [0, 0.05) is 23.2 Å². The molecule has 0 bridgehead atoms. The summed E-state index contributed by atoms with van der Waals surface area (Å²) < 4.78 is 0.766. The van der Waals surface area contributed by atoms with Gasteiger partial charge in [0.15, 0.2) is 5.17 Å². The molecular weight excluding hydrogens is 454 g/mol. The number of halogens is 2. The van der Waals surface area contributed by atoms with E-state index in [1.807, 2.05) is 6.92 Å². The van der Waals surface area contributed by atoms with E-state index >= 15 is 0 Å². The van der Waals surface area contributed by atoms with Crippen LogP contribution in [0.25, 0.3) is 6.08 Å². The standard InChI is InChI=1S/C18H13BrClN3O3S/c1-2-22-17(24)16(9-11-4-3-5-13(8-11)23(25)26)27-18(22)21-12-6-7-14(19)15(20)10-12/h3-10H,2H2,1H3/b16-9-,21-18?. The van der Waals surface area contributed by atoms with Gasteiger partial charge in [0.2, 0.25) is 0 Å². The summed E-state index contributed by atoms with van der Waals surface area (Å²) >= 11 is 10.7. The Balaban J connectivity index is 1.94. The zero-order chi connectivity index (χ0) is 19.6. The van der Waals surface area contributed by atoms with E-state index in [0.29, 0.717) is 32.9 Å². The van der Waals surface area contributed by atoms with Crippen molar-refractivity contribution in [2.75, 3.05) is 6.54 Å². The minimum absolute atomic E-state index is 0.0226. The zero-order valence-electron chi connectivity index (χ0n) is 14.1. The third-order valence-electron chi connectivity index (χ3n) is 3.71. The highest BCUT2D eigenvalue weighted by molar-refractivity contribution is 9.10. The van der Waals surface area contributed by atoms with Gasteiger partial charge in [-0.25, -0.2) is 4.99 Å². The monoisotopic (exact) mass is 465 g/mol. The first-order valence-corrected chi connectivity index (χ1v) is 9.87. The minimum Gasteiger partial charge on any atom is -0.287 e. The number of hydrogen-bond acceptors (Lipinski definition) is 5. The summed E-state index contributed by atoms with van der Waals surface area (Å²) in [7, 11) is 0. The maximum Gasteiger partial charge on any atom is 0.270 e. The van der Waals surface area contributed by atoms with Crippen LogP contribution in [0.2, 0.25) is 5.02 Å². The van der Waals surface area contributed by atoms with Crippen molar-refractivity contribution in [3.8, 4) is 0 Å². The molecule has 1 amide bonds. The van der Waals surface area contributed by atoms with Gasteiger partial charge >= 0.3 is 0 Å². The second-order valence-electron chi connectivity index (χ2n) is 5.50. The van der Waals surface area contributed by atoms with Gasteiger partial charge < -0.3 is 0 Å². The van der Waals surface area contributed by atoms with Crippen LogP contribution in [0.3, 0.4) is 0 Å². The Hall–Kier alpha value is -2.16. The molecule has 1 saturated heterocycles. The number of non-ortho nitro benzene ring substituents is 1. The van der Waals surface area contributed by atoms with Crippen LogP contribution in [0, 0.1) is 10.1 Å². The van der Waals surface area contributed by atoms with Gasteiger partial charge in [-0.15, -0.1) is 0 Å². The van der Waals surface area contributed by atoms with Crippen molar-refractivity contribution in [3.63, 3.8) is 0 Å². The Bertz CT molecular complexity index is 994. The number of hydrogen-bond donors (Lipinski definition) is 0. The number of nitro benzene ring substituents is 1. The van der Waals surface area contributed by atoms with E-state index in [9.17, 15) is 14.9 Å². The lowest BCUT2D eigenvalue weighted by Crippen LogP contribution is -2.28. The fourth-order valence-electron chi connectivity index (χ4n) is 2.41. The second-order valence-corrected chi connectivity index (χ2v) is 7.78. The lowest BCUT2D eigenvalue weighted by Gasteiger charge is -2.12. The van der Waals surface area contributed by atoms with Gasteiger partial charge in [-0.1, -0.05) is 23.7 Å². The molecule has 0 N–H and O–H groups in total. The lowest BCUT2D eigenvalue weighted by molar-refractivity contribution is -0.384. The van der Waals surface area contributed by atoms with Gasteiger partial charge in [0.1, 0.15) is 0 Å². The predicted molar refractivity (Wildman–Crippen MR) is 112 cm³/mol. The van der Waals surface area contributed by atoms with Crippen LogP contribution >= 0.6 is 39.3 Å². The summed E-state index contributed by atoms with van der Waals surface area (Å²) in [6, 6.07) is 11.4. The topological polar surface area (TPSA) is 75.8 Å². The van der Waals surface area contributed by atoms with Crippen molar-refractivity contribution in [2.45, 2.75) is 6.92 Å². The molecule has 0 radical (unpaired) electrons. The molecule has 0 spiro atoms. The fourth-order valence-corrected chi connectivity index (χ4v) is 3.90. The average molecular weight is 467 g/mol. The number of carbonyl (C=O) groups excluding carboxylic acids is 1. The van der Waals surface area contributed by atoms with E-state index in [0.717, 1.165) is 4.47 Å². The number of amidine groups is 1. The predicted octanol–water partition coefficient (Wildman–Crippen LogP) is 5.63. The van der Waals surface area contributed by atoms with E-state index in [4.69, 9.17) is 11.6 Å². The lowest BCUT2D eigenvalue weighted by atomic mass is 10.2. The summed E-state index contributed by atoms with van der Waals surface area (Å²) in [5, 5.41) is 12.0. The number of likely N-dealkylation sites (N-methyl/N-ethyl adjacent to an activating group) is 1.